The van der Waals surface area contributed by atoms with Crippen LogP contribution in [0.4, 0.5) is 0 Å². The van der Waals surface area contributed by atoms with E-state index in [4.69, 9.17) is 0 Å². The van der Waals surface area contributed by atoms with Gasteiger partial charge in [-0.15, -0.1) is 0 Å². The van der Waals surface area contributed by atoms with Gasteiger partial charge in [-0.05, 0) is 0 Å². The molecular weight excluding hydrogens is 80.0 g/mol. The summed E-state index contributed by atoms with van der Waals surface area (Å²) in [7, 11) is 0. The Hall–Kier alpha value is -0.120. The van der Waals surface area contributed by atoms with Crippen LogP contribution in [0.2, 0.25) is 0 Å². The number of hydrogen-bond donors (Lipinski definition) is 2. The van der Waals surface area contributed by atoms with Gasteiger partial charge >= 0.3 is 0 Å². The number of nitrogens with one attached hydrogen (secondary N) is 2. The first-order valence-corrected chi connectivity index (χ1v) is 2.02. The van der Waals surface area contributed by atoms with Gasteiger partial charge in [0.25, 0.3) is 0 Å². The lowest BCUT2D eigenvalue weighted by Crippen LogP contribution is -2.28. The van der Waals surface area contributed by atoms with E-state index in [-0.39, 0.29) is 0 Å². The summed E-state index contributed by atoms with van der Waals surface area (Å²) in [6, 6.07) is 0. The molecule has 0 aromatic rings. The monoisotopic (exact) mass is 87.1 g/mol. The topological polar surface area (TPSA) is 44.0 Å². The van der Waals surface area contributed by atoms with Gasteiger partial charge < -0.3 is 0 Å². The molecule has 1 saturated heterocycles. The minimum atomic E-state index is -0.704. The Morgan fingerprint density at radius 1 is 1.33 bits per heavy atom. The molecule has 0 saturated carbocycles. The Morgan fingerprint density at radius 2 is 1.83 bits per heavy atom. The maximum absolute atomic E-state index is 10.1. The van der Waals surface area contributed by atoms with E-state index in [1.165, 1.54) is 0 Å². The SMILES string of the molecule is [O]C1NCCN1. The molecule has 0 aromatic heterocycles. The minimum absolute atomic E-state index is 0.704. The number of hydrogen-bond acceptors (Lipinski definition) is 2. The van der Waals surface area contributed by atoms with Crippen molar-refractivity contribution in [2.75, 3.05) is 13.1 Å². The molecule has 0 unspecified atom stereocenters. The molecule has 3 heteroatoms. The normalized spacial score (nSPS) is 25.5. The van der Waals surface area contributed by atoms with Crippen molar-refractivity contribution in [3.63, 3.8) is 0 Å². The molecule has 6 heavy (non-hydrogen) atoms. The van der Waals surface area contributed by atoms with Crippen LogP contribution in [0.25, 0.3) is 0 Å². The van der Waals surface area contributed by atoms with E-state index < -0.39 is 6.35 Å². The fourth-order valence-corrected chi connectivity index (χ4v) is 0.479. The Morgan fingerprint density at radius 3 is 2.00 bits per heavy atom. The second-order valence-electron chi connectivity index (χ2n) is 1.29. The molecule has 1 radical (unpaired) electrons. The van der Waals surface area contributed by atoms with Crippen LogP contribution in [-0.2, 0) is 5.11 Å². The third-order valence-corrected chi connectivity index (χ3v) is 0.784. The summed E-state index contributed by atoms with van der Waals surface area (Å²) in [4.78, 5) is 0. The molecule has 2 N–H and O–H groups in total. The highest BCUT2D eigenvalue weighted by molar-refractivity contribution is 4.60. The van der Waals surface area contributed by atoms with Gasteiger partial charge in [0.2, 0.25) is 0 Å². The van der Waals surface area contributed by atoms with Crippen molar-refractivity contribution in [1.29, 1.82) is 0 Å². The van der Waals surface area contributed by atoms with Gasteiger partial charge in [-0.3, -0.25) is 10.6 Å². The molecule has 1 aliphatic rings. The van der Waals surface area contributed by atoms with E-state index in [9.17, 15) is 5.11 Å². The van der Waals surface area contributed by atoms with Crippen molar-refractivity contribution in [2.45, 2.75) is 6.35 Å². The van der Waals surface area contributed by atoms with Crippen molar-refractivity contribution < 1.29 is 5.11 Å². The highest BCUT2D eigenvalue weighted by atomic mass is 16.3. The maximum Gasteiger partial charge on any atom is 0.197 e. The zero-order valence-corrected chi connectivity index (χ0v) is 3.40. The summed E-state index contributed by atoms with van der Waals surface area (Å²) >= 11 is 0. The first-order valence-electron chi connectivity index (χ1n) is 2.02. The fourth-order valence-electron chi connectivity index (χ4n) is 0.479. The molecule has 3 nitrogen and oxygen atoms in total. The van der Waals surface area contributed by atoms with E-state index in [1.807, 2.05) is 0 Å². The average molecular weight is 87.1 g/mol. The summed E-state index contributed by atoms with van der Waals surface area (Å²) in [6.45, 7) is 1.63. The van der Waals surface area contributed by atoms with Crippen molar-refractivity contribution >= 4 is 0 Å². The zero-order valence-electron chi connectivity index (χ0n) is 3.40. The van der Waals surface area contributed by atoms with E-state index in [1.54, 1.807) is 0 Å². The van der Waals surface area contributed by atoms with Gasteiger partial charge in [0.15, 0.2) is 6.35 Å². The minimum Gasteiger partial charge on any atom is -0.276 e. The van der Waals surface area contributed by atoms with Gasteiger partial charge in [0.05, 0.1) is 0 Å². The third kappa shape index (κ3) is 0.680. The van der Waals surface area contributed by atoms with Crippen molar-refractivity contribution in [3.05, 3.63) is 0 Å². The van der Waals surface area contributed by atoms with Gasteiger partial charge in [-0.25, -0.2) is 0 Å². The van der Waals surface area contributed by atoms with Gasteiger partial charge in [-0.2, -0.15) is 5.11 Å². The van der Waals surface area contributed by atoms with Crippen LogP contribution in [0.15, 0.2) is 0 Å². The van der Waals surface area contributed by atoms with Gasteiger partial charge in [0.1, 0.15) is 0 Å². The summed E-state index contributed by atoms with van der Waals surface area (Å²) in [5.41, 5.74) is 0. The first-order chi connectivity index (χ1) is 2.89. The first kappa shape index (κ1) is 4.05. The van der Waals surface area contributed by atoms with Crippen LogP contribution in [0.1, 0.15) is 0 Å². The predicted molar refractivity (Wildman–Crippen MR) is 20.5 cm³/mol. The molecule has 1 rings (SSSR count). The molecular formula is C3H7N2O. The molecule has 0 spiro atoms. The molecule has 1 heterocycles. The smallest absolute Gasteiger partial charge is 0.197 e. The second kappa shape index (κ2) is 1.55. The molecule has 1 aliphatic heterocycles. The summed E-state index contributed by atoms with van der Waals surface area (Å²) in [6.07, 6.45) is -0.704. The highest BCUT2D eigenvalue weighted by Crippen LogP contribution is 1.75. The third-order valence-electron chi connectivity index (χ3n) is 0.784. The van der Waals surface area contributed by atoms with E-state index in [0.29, 0.717) is 0 Å². The fraction of sp³-hybridized carbons (Fsp3) is 1.00. The maximum atomic E-state index is 10.1. The van der Waals surface area contributed by atoms with E-state index in [2.05, 4.69) is 10.6 Å². The van der Waals surface area contributed by atoms with E-state index in [0.717, 1.165) is 13.1 Å². The highest BCUT2D eigenvalue weighted by Gasteiger charge is 2.07. The standard InChI is InChI=1S/C3H7N2O/c6-3-4-1-2-5-3/h3-5H,1-2H2. The molecule has 0 aliphatic carbocycles. The Labute approximate surface area is 36.4 Å². The lowest BCUT2D eigenvalue weighted by Gasteiger charge is -1.92. The molecule has 1 fully saturated rings. The molecule has 0 atom stereocenters. The van der Waals surface area contributed by atoms with Crippen LogP contribution < -0.4 is 10.6 Å². The molecule has 0 bridgehead atoms. The molecule has 0 amide bonds. The summed E-state index contributed by atoms with van der Waals surface area (Å²) in [5, 5.41) is 15.4. The Bertz CT molecular complexity index is 42.1. The van der Waals surface area contributed by atoms with Crippen LogP contribution in [0.5, 0.6) is 0 Å². The summed E-state index contributed by atoms with van der Waals surface area (Å²) < 4.78 is 0. The molecule has 0 aromatic carbocycles. The lowest BCUT2D eigenvalue weighted by molar-refractivity contribution is 0.0582. The lowest BCUT2D eigenvalue weighted by atomic mass is 10.7. The largest absolute Gasteiger partial charge is 0.276 e. The Kier molecular flexibility index (Phi) is 1.05. The average Bonchev–Trinajstić information content (AvgIpc) is 1.86. The number of rotatable bonds is 0. The van der Waals surface area contributed by atoms with Crippen LogP contribution >= 0.6 is 0 Å². The van der Waals surface area contributed by atoms with Crippen LogP contribution in [-0.4, -0.2) is 19.4 Å². The van der Waals surface area contributed by atoms with Gasteiger partial charge in [-0.1, -0.05) is 0 Å². The predicted octanol–water partition coefficient (Wildman–Crippen LogP) is -1.11. The second-order valence-corrected chi connectivity index (χ2v) is 1.29. The summed E-state index contributed by atoms with van der Waals surface area (Å²) in [5.74, 6) is 0. The van der Waals surface area contributed by atoms with Crippen LogP contribution in [0.3, 0.4) is 0 Å². The van der Waals surface area contributed by atoms with Gasteiger partial charge in [0, 0.05) is 13.1 Å². The van der Waals surface area contributed by atoms with Crippen molar-refractivity contribution in [3.8, 4) is 0 Å². The molecule has 35 valence electrons. The van der Waals surface area contributed by atoms with Crippen molar-refractivity contribution in [2.24, 2.45) is 0 Å². The van der Waals surface area contributed by atoms with E-state index >= 15 is 0 Å². The zero-order chi connectivity index (χ0) is 4.41. The van der Waals surface area contributed by atoms with Crippen molar-refractivity contribution in [1.82, 2.24) is 10.6 Å². The quantitative estimate of drug-likeness (QED) is 0.393. The Balaban J connectivity index is 2.18. The van der Waals surface area contributed by atoms with Crippen LogP contribution in [0, 0.1) is 0 Å².